The molecule has 4 heteroatoms. The molecule has 0 aromatic heterocycles. The van der Waals surface area contributed by atoms with Crippen molar-refractivity contribution >= 4 is 11.8 Å². The number of carbonyl (C=O) groups excluding carboxylic acids is 2. The van der Waals surface area contributed by atoms with Gasteiger partial charge in [0.2, 0.25) is 11.8 Å². The van der Waals surface area contributed by atoms with E-state index in [0.29, 0.717) is 19.5 Å². The molecule has 1 aliphatic rings. The number of nitrogens with one attached hydrogen (secondary N) is 1. The highest BCUT2D eigenvalue weighted by atomic mass is 16.2. The van der Waals surface area contributed by atoms with Crippen LogP contribution in [0.25, 0.3) is 0 Å². The van der Waals surface area contributed by atoms with E-state index in [1.807, 2.05) is 72.5 Å². The van der Waals surface area contributed by atoms with Crippen LogP contribution in [0.1, 0.15) is 36.9 Å². The van der Waals surface area contributed by atoms with E-state index in [4.69, 9.17) is 0 Å². The number of benzene rings is 2. The molecular weight excluding hydrogens is 324 g/mol. The number of hydrogen-bond acceptors (Lipinski definition) is 2. The third-order valence-electron chi connectivity index (χ3n) is 5.07. The molecule has 0 aliphatic carbocycles. The summed E-state index contributed by atoms with van der Waals surface area (Å²) in [5.74, 6) is 0.228. The zero-order valence-corrected chi connectivity index (χ0v) is 15.2. The monoisotopic (exact) mass is 350 g/mol. The van der Waals surface area contributed by atoms with Gasteiger partial charge in [-0.2, -0.15) is 0 Å². The quantitative estimate of drug-likeness (QED) is 0.899. The molecular formula is C22H26N2O2. The van der Waals surface area contributed by atoms with Crippen LogP contribution in [-0.2, 0) is 16.0 Å². The molecule has 1 N–H and O–H groups in total. The molecule has 0 radical (unpaired) electrons. The summed E-state index contributed by atoms with van der Waals surface area (Å²) >= 11 is 0. The molecule has 1 aliphatic heterocycles. The maximum absolute atomic E-state index is 12.5. The van der Waals surface area contributed by atoms with Crippen molar-refractivity contribution < 1.29 is 9.59 Å². The van der Waals surface area contributed by atoms with E-state index in [1.54, 1.807) is 0 Å². The first-order chi connectivity index (χ1) is 12.6. The van der Waals surface area contributed by atoms with Crippen molar-refractivity contribution in [3.63, 3.8) is 0 Å². The van der Waals surface area contributed by atoms with E-state index in [2.05, 4.69) is 5.32 Å². The summed E-state index contributed by atoms with van der Waals surface area (Å²) in [6.45, 7) is 3.32. The SMILES string of the molecule is C[C@@H](NC(=O)C1CCN(C(=O)Cc2ccccc2)CC1)c1ccccc1. The van der Waals surface area contributed by atoms with Gasteiger partial charge in [-0.1, -0.05) is 60.7 Å². The van der Waals surface area contributed by atoms with Gasteiger partial charge < -0.3 is 10.2 Å². The zero-order valence-electron chi connectivity index (χ0n) is 15.2. The molecule has 0 saturated carbocycles. The van der Waals surface area contributed by atoms with Gasteiger partial charge in [0.15, 0.2) is 0 Å². The van der Waals surface area contributed by atoms with Gasteiger partial charge in [0, 0.05) is 19.0 Å². The van der Waals surface area contributed by atoms with Crippen LogP contribution >= 0.6 is 0 Å². The van der Waals surface area contributed by atoms with Crippen LogP contribution < -0.4 is 5.32 Å². The number of amides is 2. The first-order valence-corrected chi connectivity index (χ1v) is 9.30. The molecule has 0 unspecified atom stereocenters. The highest BCUT2D eigenvalue weighted by molar-refractivity contribution is 5.81. The minimum Gasteiger partial charge on any atom is -0.349 e. The van der Waals surface area contributed by atoms with Crippen molar-refractivity contribution in [3.05, 3.63) is 71.8 Å². The fourth-order valence-electron chi connectivity index (χ4n) is 3.43. The van der Waals surface area contributed by atoms with Crippen molar-refractivity contribution in [2.45, 2.75) is 32.2 Å². The first-order valence-electron chi connectivity index (χ1n) is 9.30. The van der Waals surface area contributed by atoms with Gasteiger partial charge in [-0.25, -0.2) is 0 Å². The van der Waals surface area contributed by atoms with Crippen molar-refractivity contribution in [1.29, 1.82) is 0 Å². The Morgan fingerprint density at radius 2 is 1.58 bits per heavy atom. The molecule has 2 aromatic carbocycles. The molecule has 1 fully saturated rings. The lowest BCUT2D eigenvalue weighted by Crippen LogP contribution is -2.43. The van der Waals surface area contributed by atoms with Crippen LogP contribution in [0.15, 0.2) is 60.7 Å². The molecule has 1 atom stereocenters. The summed E-state index contributed by atoms with van der Waals surface area (Å²) < 4.78 is 0. The smallest absolute Gasteiger partial charge is 0.226 e. The van der Waals surface area contributed by atoms with Crippen LogP contribution in [0.3, 0.4) is 0 Å². The Morgan fingerprint density at radius 1 is 1.00 bits per heavy atom. The van der Waals surface area contributed by atoms with Crippen molar-refractivity contribution in [1.82, 2.24) is 10.2 Å². The third kappa shape index (κ3) is 4.72. The lowest BCUT2D eigenvalue weighted by molar-refractivity contribution is -0.135. The second kappa shape index (κ2) is 8.65. The van der Waals surface area contributed by atoms with Crippen molar-refractivity contribution in [2.24, 2.45) is 5.92 Å². The molecule has 2 amide bonds. The predicted octanol–water partition coefficient (Wildman–Crippen LogP) is 3.35. The van der Waals surface area contributed by atoms with E-state index in [0.717, 1.165) is 24.0 Å². The second-order valence-corrected chi connectivity index (χ2v) is 6.96. The summed E-state index contributed by atoms with van der Waals surface area (Å²) in [5, 5.41) is 3.11. The molecule has 0 spiro atoms. The fourth-order valence-corrected chi connectivity index (χ4v) is 3.43. The average molecular weight is 350 g/mol. The van der Waals surface area contributed by atoms with Crippen LogP contribution in [0.5, 0.6) is 0 Å². The highest BCUT2D eigenvalue weighted by Crippen LogP contribution is 2.20. The fraction of sp³-hybridized carbons (Fsp3) is 0.364. The molecule has 2 aromatic rings. The summed E-state index contributed by atoms with van der Waals surface area (Å²) in [7, 11) is 0. The number of hydrogen-bond donors (Lipinski definition) is 1. The molecule has 26 heavy (non-hydrogen) atoms. The van der Waals surface area contributed by atoms with E-state index >= 15 is 0 Å². The van der Waals surface area contributed by atoms with E-state index in [-0.39, 0.29) is 23.8 Å². The predicted molar refractivity (Wildman–Crippen MR) is 102 cm³/mol. The standard InChI is InChI=1S/C22H26N2O2/c1-17(19-10-6-3-7-11-19)23-22(26)20-12-14-24(15-13-20)21(25)16-18-8-4-2-5-9-18/h2-11,17,20H,12-16H2,1H3,(H,23,26)/t17-/m1/s1. The average Bonchev–Trinajstić information content (AvgIpc) is 2.69. The van der Waals surface area contributed by atoms with Crippen LogP contribution in [-0.4, -0.2) is 29.8 Å². The van der Waals surface area contributed by atoms with E-state index in [1.165, 1.54) is 0 Å². The Balaban J connectivity index is 1.47. The Bertz CT molecular complexity index is 722. The minimum atomic E-state index is -0.0121. The van der Waals surface area contributed by atoms with E-state index in [9.17, 15) is 9.59 Å². The minimum absolute atomic E-state index is 0.00134. The molecule has 1 heterocycles. The van der Waals surface area contributed by atoms with E-state index < -0.39 is 0 Å². The van der Waals surface area contributed by atoms with Gasteiger partial charge >= 0.3 is 0 Å². The van der Waals surface area contributed by atoms with Gasteiger partial charge in [-0.3, -0.25) is 9.59 Å². The zero-order chi connectivity index (χ0) is 18.4. The topological polar surface area (TPSA) is 49.4 Å². The number of nitrogens with zero attached hydrogens (tertiary/aromatic N) is 1. The van der Waals surface area contributed by atoms with Gasteiger partial charge in [-0.15, -0.1) is 0 Å². The summed E-state index contributed by atoms with van der Waals surface area (Å²) in [6, 6.07) is 19.8. The van der Waals surface area contributed by atoms with Gasteiger partial charge in [0.05, 0.1) is 12.5 Å². The maximum Gasteiger partial charge on any atom is 0.226 e. The lowest BCUT2D eigenvalue weighted by Gasteiger charge is -2.32. The summed E-state index contributed by atoms with van der Waals surface area (Å²) in [4.78, 5) is 26.9. The molecule has 3 rings (SSSR count). The van der Waals surface area contributed by atoms with Crippen molar-refractivity contribution in [2.75, 3.05) is 13.1 Å². The molecule has 1 saturated heterocycles. The molecule has 0 bridgehead atoms. The largest absolute Gasteiger partial charge is 0.349 e. The second-order valence-electron chi connectivity index (χ2n) is 6.96. The van der Waals surface area contributed by atoms with Crippen LogP contribution in [0.2, 0.25) is 0 Å². The van der Waals surface area contributed by atoms with Crippen molar-refractivity contribution in [3.8, 4) is 0 Å². The first kappa shape index (κ1) is 18.2. The third-order valence-corrected chi connectivity index (χ3v) is 5.07. The lowest BCUT2D eigenvalue weighted by atomic mass is 9.94. The van der Waals surface area contributed by atoms with Crippen LogP contribution in [0.4, 0.5) is 0 Å². The summed E-state index contributed by atoms with van der Waals surface area (Å²) in [5.41, 5.74) is 2.14. The maximum atomic E-state index is 12.5. The number of carbonyl (C=O) groups is 2. The Hall–Kier alpha value is -2.62. The Kier molecular flexibility index (Phi) is 6.05. The number of piperidine rings is 1. The summed E-state index contributed by atoms with van der Waals surface area (Å²) in [6.07, 6.45) is 1.89. The highest BCUT2D eigenvalue weighted by Gasteiger charge is 2.28. The Morgan fingerprint density at radius 3 is 2.19 bits per heavy atom. The van der Waals surface area contributed by atoms with Gasteiger partial charge in [-0.05, 0) is 30.9 Å². The number of rotatable bonds is 5. The normalized spacial score (nSPS) is 16.1. The van der Waals surface area contributed by atoms with Gasteiger partial charge in [0.1, 0.15) is 0 Å². The number of likely N-dealkylation sites (tertiary alicyclic amines) is 1. The molecule has 4 nitrogen and oxygen atoms in total. The molecule has 136 valence electrons. The van der Waals surface area contributed by atoms with Crippen LogP contribution in [0, 0.1) is 5.92 Å². The Labute approximate surface area is 155 Å². The van der Waals surface area contributed by atoms with Gasteiger partial charge in [0.25, 0.3) is 0 Å².